The van der Waals surface area contributed by atoms with Crippen LogP contribution in [-0.4, -0.2) is 28.3 Å². The van der Waals surface area contributed by atoms with E-state index in [1.165, 1.54) is 28.9 Å². The first kappa shape index (κ1) is 24.3. The number of para-hydroxylation sites is 1. The molecule has 0 aliphatic rings. The van der Waals surface area contributed by atoms with Crippen molar-refractivity contribution in [3.8, 4) is 23.6 Å². The van der Waals surface area contributed by atoms with E-state index in [2.05, 4.69) is 22.6 Å². The van der Waals surface area contributed by atoms with Crippen molar-refractivity contribution in [2.24, 2.45) is 5.92 Å². The van der Waals surface area contributed by atoms with Crippen LogP contribution in [0, 0.1) is 34.4 Å². The standard InChI is InChI=1S/C25H25FN6O2/c1-16(2)23(34-22-8-4-3-6-17(22)14-27)25(33)30-13-5-7-21-20(15-28)24(29)32(31-21)19-11-9-18(26)10-12-19/h3-4,6,8-12,16,23H,5,7,13,29H2,1-2H3,(H,30,33). The van der Waals surface area contributed by atoms with E-state index in [0.717, 1.165) is 0 Å². The van der Waals surface area contributed by atoms with Gasteiger partial charge in [0.15, 0.2) is 6.10 Å². The third kappa shape index (κ3) is 5.51. The molecule has 1 unspecified atom stereocenters. The third-order valence-corrected chi connectivity index (χ3v) is 5.19. The number of hydrogen-bond donors (Lipinski definition) is 2. The van der Waals surface area contributed by atoms with E-state index < -0.39 is 6.10 Å². The molecule has 34 heavy (non-hydrogen) atoms. The zero-order valence-corrected chi connectivity index (χ0v) is 19.0. The van der Waals surface area contributed by atoms with Gasteiger partial charge < -0.3 is 15.8 Å². The van der Waals surface area contributed by atoms with Crippen molar-refractivity contribution < 1.29 is 13.9 Å². The Balaban J connectivity index is 1.62. The molecule has 0 saturated heterocycles. The van der Waals surface area contributed by atoms with E-state index in [4.69, 9.17) is 10.5 Å². The van der Waals surface area contributed by atoms with Crippen molar-refractivity contribution in [1.29, 1.82) is 10.5 Å². The largest absolute Gasteiger partial charge is 0.479 e. The van der Waals surface area contributed by atoms with Gasteiger partial charge in [-0.25, -0.2) is 9.07 Å². The van der Waals surface area contributed by atoms with Crippen molar-refractivity contribution in [2.75, 3.05) is 12.3 Å². The molecular weight excluding hydrogens is 435 g/mol. The number of amides is 1. The SMILES string of the molecule is CC(C)C(Oc1ccccc1C#N)C(=O)NCCCc1nn(-c2ccc(F)cc2)c(N)c1C#N. The van der Waals surface area contributed by atoms with Crippen LogP contribution < -0.4 is 15.8 Å². The first-order valence-electron chi connectivity index (χ1n) is 10.8. The smallest absolute Gasteiger partial charge is 0.261 e. The van der Waals surface area contributed by atoms with Crippen LogP contribution >= 0.6 is 0 Å². The molecule has 0 fully saturated rings. The lowest BCUT2D eigenvalue weighted by atomic mass is 10.1. The highest BCUT2D eigenvalue weighted by molar-refractivity contribution is 5.81. The van der Waals surface area contributed by atoms with E-state index in [0.29, 0.717) is 42.1 Å². The maximum atomic E-state index is 13.2. The number of hydrogen-bond acceptors (Lipinski definition) is 6. The maximum absolute atomic E-state index is 13.2. The molecule has 0 aliphatic heterocycles. The highest BCUT2D eigenvalue weighted by Crippen LogP contribution is 2.22. The van der Waals surface area contributed by atoms with E-state index in [-0.39, 0.29) is 29.0 Å². The normalized spacial score (nSPS) is 11.5. The summed E-state index contributed by atoms with van der Waals surface area (Å²) in [6, 6.07) is 16.5. The second-order valence-electron chi connectivity index (χ2n) is 7.99. The molecule has 1 heterocycles. The summed E-state index contributed by atoms with van der Waals surface area (Å²) in [4.78, 5) is 12.8. The number of nitrogens with one attached hydrogen (secondary N) is 1. The van der Waals surface area contributed by atoms with Crippen LogP contribution in [-0.2, 0) is 11.2 Å². The number of halogens is 1. The van der Waals surface area contributed by atoms with Crippen LogP contribution in [0.25, 0.3) is 5.69 Å². The van der Waals surface area contributed by atoms with Gasteiger partial charge in [0.1, 0.15) is 35.1 Å². The minimum atomic E-state index is -0.766. The number of ether oxygens (including phenoxy) is 1. The summed E-state index contributed by atoms with van der Waals surface area (Å²) in [7, 11) is 0. The van der Waals surface area contributed by atoms with Crippen molar-refractivity contribution in [2.45, 2.75) is 32.8 Å². The Kier molecular flexibility index (Phi) is 7.83. The Morgan fingerprint density at radius 3 is 2.53 bits per heavy atom. The zero-order valence-electron chi connectivity index (χ0n) is 19.0. The van der Waals surface area contributed by atoms with Gasteiger partial charge in [0.05, 0.1) is 16.9 Å². The zero-order chi connectivity index (χ0) is 24.7. The summed E-state index contributed by atoms with van der Waals surface area (Å²) in [6.07, 6.45) is 0.156. The second-order valence-corrected chi connectivity index (χ2v) is 7.99. The predicted molar refractivity (Wildman–Crippen MR) is 124 cm³/mol. The lowest BCUT2D eigenvalue weighted by Gasteiger charge is -2.22. The van der Waals surface area contributed by atoms with Crippen LogP contribution in [0.3, 0.4) is 0 Å². The summed E-state index contributed by atoms with van der Waals surface area (Å²) < 4.78 is 20.5. The molecule has 0 saturated carbocycles. The average Bonchev–Trinajstić information content (AvgIpc) is 3.15. The predicted octanol–water partition coefficient (Wildman–Crippen LogP) is 3.49. The highest BCUT2D eigenvalue weighted by Gasteiger charge is 2.25. The van der Waals surface area contributed by atoms with Gasteiger partial charge in [0.2, 0.25) is 0 Å². The Bertz CT molecular complexity index is 1240. The second kappa shape index (κ2) is 11.0. The van der Waals surface area contributed by atoms with Gasteiger partial charge >= 0.3 is 0 Å². The quantitative estimate of drug-likeness (QED) is 0.470. The third-order valence-electron chi connectivity index (χ3n) is 5.19. The Hall–Kier alpha value is -4.37. The van der Waals surface area contributed by atoms with E-state index in [1.54, 1.807) is 24.3 Å². The van der Waals surface area contributed by atoms with E-state index in [1.807, 2.05) is 13.8 Å². The minimum Gasteiger partial charge on any atom is -0.479 e. The summed E-state index contributed by atoms with van der Waals surface area (Å²) in [6.45, 7) is 4.06. The minimum absolute atomic E-state index is 0.122. The lowest BCUT2D eigenvalue weighted by Crippen LogP contribution is -2.42. The number of carbonyl (C=O) groups is 1. The van der Waals surface area contributed by atoms with Crippen molar-refractivity contribution >= 4 is 11.7 Å². The van der Waals surface area contributed by atoms with Crippen LogP contribution in [0.4, 0.5) is 10.2 Å². The molecule has 1 aromatic heterocycles. The van der Waals surface area contributed by atoms with Gasteiger partial charge in [-0.3, -0.25) is 4.79 Å². The fourth-order valence-electron chi connectivity index (χ4n) is 3.41. The van der Waals surface area contributed by atoms with Crippen LogP contribution in [0.1, 0.15) is 37.1 Å². The number of nitrogen functional groups attached to an aromatic ring is 1. The van der Waals surface area contributed by atoms with Gasteiger partial charge in [-0.1, -0.05) is 26.0 Å². The molecule has 2 aromatic carbocycles. The van der Waals surface area contributed by atoms with Crippen molar-refractivity contribution in [1.82, 2.24) is 15.1 Å². The molecule has 3 aromatic rings. The summed E-state index contributed by atoms with van der Waals surface area (Å²) >= 11 is 0. The molecular formula is C25H25FN6O2. The first-order chi connectivity index (χ1) is 16.3. The molecule has 0 aliphatic carbocycles. The van der Waals surface area contributed by atoms with Crippen LogP contribution in [0.2, 0.25) is 0 Å². The van der Waals surface area contributed by atoms with Gasteiger partial charge in [-0.05, 0) is 55.2 Å². The van der Waals surface area contributed by atoms with Crippen LogP contribution in [0.15, 0.2) is 48.5 Å². The van der Waals surface area contributed by atoms with E-state index in [9.17, 15) is 19.7 Å². The molecule has 3 N–H and O–H groups in total. The molecule has 0 spiro atoms. The molecule has 1 atom stereocenters. The number of anilines is 1. The van der Waals surface area contributed by atoms with Crippen molar-refractivity contribution in [3.63, 3.8) is 0 Å². The summed E-state index contributed by atoms with van der Waals surface area (Å²) in [5, 5.41) is 26.0. The molecule has 1 amide bonds. The number of aryl methyl sites for hydroxylation is 1. The average molecular weight is 461 g/mol. The molecule has 0 radical (unpaired) electrons. The number of benzene rings is 2. The monoisotopic (exact) mass is 460 g/mol. The van der Waals surface area contributed by atoms with Gasteiger partial charge in [-0.15, -0.1) is 0 Å². The van der Waals surface area contributed by atoms with E-state index >= 15 is 0 Å². The Morgan fingerprint density at radius 1 is 1.18 bits per heavy atom. The van der Waals surface area contributed by atoms with Gasteiger partial charge in [0.25, 0.3) is 5.91 Å². The Labute approximate surface area is 197 Å². The molecule has 9 heteroatoms. The number of nitriles is 2. The fraction of sp³-hybridized carbons (Fsp3) is 0.280. The van der Waals surface area contributed by atoms with Gasteiger partial charge in [-0.2, -0.15) is 15.6 Å². The highest BCUT2D eigenvalue weighted by atomic mass is 19.1. The lowest BCUT2D eigenvalue weighted by molar-refractivity contribution is -0.129. The number of carbonyl (C=O) groups excluding carboxylic acids is 1. The molecule has 174 valence electrons. The number of nitrogens with two attached hydrogens (primary N) is 1. The number of aromatic nitrogens is 2. The van der Waals surface area contributed by atoms with Crippen molar-refractivity contribution in [3.05, 3.63) is 71.2 Å². The molecule has 8 nitrogen and oxygen atoms in total. The maximum Gasteiger partial charge on any atom is 0.261 e. The number of rotatable bonds is 9. The Morgan fingerprint density at radius 2 is 1.88 bits per heavy atom. The van der Waals surface area contributed by atoms with Crippen LogP contribution in [0.5, 0.6) is 5.75 Å². The summed E-state index contributed by atoms with van der Waals surface area (Å²) in [5.41, 5.74) is 7.74. The first-order valence-corrected chi connectivity index (χ1v) is 10.8. The summed E-state index contributed by atoms with van der Waals surface area (Å²) in [5.74, 6) is -0.259. The number of nitrogens with zero attached hydrogens (tertiary/aromatic N) is 4. The molecule has 0 bridgehead atoms. The topological polar surface area (TPSA) is 130 Å². The van der Waals surface area contributed by atoms with Gasteiger partial charge in [0, 0.05) is 6.54 Å². The fourth-order valence-corrected chi connectivity index (χ4v) is 3.41. The molecule has 3 rings (SSSR count).